The Morgan fingerprint density at radius 2 is 1.90 bits per heavy atom. The Hall–Kier alpha value is -1.42. The first-order valence-electron chi connectivity index (χ1n) is 6.21. The number of rotatable bonds is 2. The number of anilines is 1. The molecule has 0 radical (unpaired) electrons. The van der Waals surface area contributed by atoms with Crippen LogP contribution in [0.2, 0.25) is 15.1 Å². The third-order valence-corrected chi connectivity index (χ3v) is 3.88. The average molecular weight is 343 g/mol. The molecule has 1 heterocycles. The van der Waals surface area contributed by atoms with Gasteiger partial charge in [0, 0.05) is 10.0 Å². The van der Waals surface area contributed by atoms with Gasteiger partial charge < -0.3 is 9.64 Å². The summed E-state index contributed by atoms with van der Waals surface area (Å²) < 4.78 is 5.41. The molecule has 3 rings (SSSR count). The van der Waals surface area contributed by atoms with E-state index in [1.807, 2.05) is 18.2 Å². The highest BCUT2D eigenvalue weighted by atomic mass is 35.5. The van der Waals surface area contributed by atoms with Crippen LogP contribution in [0.25, 0.3) is 0 Å². The molecule has 2 aromatic carbocycles. The summed E-state index contributed by atoms with van der Waals surface area (Å²) in [6, 6.07) is 10.6. The van der Waals surface area contributed by atoms with Crippen LogP contribution in [0.1, 0.15) is 5.56 Å². The van der Waals surface area contributed by atoms with Gasteiger partial charge in [0.15, 0.2) is 12.4 Å². The zero-order valence-corrected chi connectivity index (χ0v) is 13.0. The third kappa shape index (κ3) is 2.95. The van der Waals surface area contributed by atoms with Gasteiger partial charge in [-0.15, -0.1) is 0 Å². The van der Waals surface area contributed by atoms with Crippen molar-refractivity contribution in [2.75, 3.05) is 11.5 Å². The lowest BCUT2D eigenvalue weighted by molar-refractivity contribution is -0.121. The van der Waals surface area contributed by atoms with E-state index in [4.69, 9.17) is 39.5 Å². The van der Waals surface area contributed by atoms with E-state index in [-0.39, 0.29) is 12.5 Å². The lowest BCUT2D eigenvalue weighted by Gasteiger charge is -2.30. The Bertz CT molecular complexity index is 718. The van der Waals surface area contributed by atoms with E-state index in [9.17, 15) is 4.79 Å². The molecule has 1 aliphatic heterocycles. The summed E-state index contributed by atoms with van der Waals surface area (Å²) in [5, 5.41) is 1.46. The van der Waals surface area contributed by atoms with Crippen molar-refractivity contribution in [1.29, 1.82) is 0 Å². The van der Waals surface area contributed by atoms with E-state index >= 15 is 0 Å². The van der Waals surface area contributed by atoms with Crippen molar-refractivity contribution in [3.05, 3.63) is 57.0 Å². The molecule has 108 valence electrons. The number of ether oxygens (including phenoxy) is 1. The first-order valence-corrected chi connectivity index (χ1v) is 7.34. The highest BCUT2D eigenvalue weighted by Gasteiger charge is 2.28. The van der Waals surface area contributed by atoms with E-state index in [1.165, 1.54) is 0 Å². The molecule has 0 bridgehead atoms. The van der Waals surface area contributed by atoms with Gasteiger partial charge in [-0.25, -0.2) is 0 Å². The normalized spacial score (nSPS) is 13.9. The average Bonchev–Trinajstić information content (AvgIpc) is 2.42. The maximum atomic E-state index is 12.2. The summed E-state index contributed by atoms with van der Waals surface area (Å²) in [4.78, 5) is 13.8. The summed E-state index contributed by atoms with van der Waals surface area (Å²) in [6.07, 6.45) is 0. The van der Waals surface area contributed by atoms with Crippen molar-refractivity contribution >= 4 is 46.4 Å². The third-order valence-electron chi connectivity index (χ3n) is 3.15. The van der Waals surface area contributed by atoms with E-state index in [2.05, 4.69) is 0 Å². The maximum absolute atomic E-state index is 12.2. The second-order valence-corrected chi connectivity index (χ2v) is 5.91. The van der Waals surface area contributed by atoms with E-state index < -0.39 is 0 Å². The largest absolute Gasteiger partial charge is 0.480 e. The van der Waals surface area contributed by atoms with Crippen molar-refractivity contribution in [2.24, 2.45) is 0 Å². The molecular weight excluding hydrogens is 333 g/mol. The molecule has 2 aromatic rings. The lowest BCUT2D eigenvalue weighted by atomic mass is 10.1. The van der Waals surface area contributed by atoms with Crippen molar-refractivity contribution in [3.8, 4) is 5.75 Å². The lowest BCUT2D eigenvalue weighted by Crippen LogP contribution is -2.38. The highest BCUT2D eigenvalue weighted by Crippen LogP contribution is 2.41. The molecule has 0 fully saturated rings. The first-order chi connectivity index (χ1) is 10.0. The number of nitrogens with zero attached hydrogens (tertiary/aromatic N) is 1. The van der Waals surface area contributed by atoms with E-state index in [1.54, 1.807) is 23.1 Å². The number of halogens is 3. The number of hydrogen-bond donors (Lipinski definition) is 0. The topological polar surface area (TPSA) is 29.5 Å². The Morgan fingerprint density at radius 3 is 2.67 bits per heavy atom. The van der Waals surface area contributed by atoms with Crippen LogP contribution in [0.15, 0.2) is 36.4 Å². The molecule has 0 saturated carbocycles. The first kappa shape index (κ1) is 14.5. The van der Waals surface area contributed by atoms with Crippen LogP contribution in [-0.4, -0.2) is 12.5 Å². The van der Waals surface area contributed by atoms with Crippen LogP contribution in [0.3, 0.4) is 0 Å². The molecule has 0 unspecified atom stereocenters. The molecule has 3 nitrogen and oxygen atoms in total. The number of carbonyl (C=O) groups is 1. The summed E-state index contributed by atoms with van der Waals surface area (Å²) in [5.41, 5.74) is 1.49. The van der Waals surface area contributed by atoms with Gasteiger partial charge in [0.25, 0.3) is 5.91 Å². The van der Waals surface area contributed by atoms with E-state index in [0.29, 0.717) is 33.0 Å². The van der Waals surface area contributed by atoms with Gasteiger partial charge in [0.2, 0.25) is 0 Å². The predicted molar refractivity (Wildman–Crippen MR) is 84.6 cm³/mol. The monoisotopic (exact) mass is 341 g/mol. The van der Waals surface area contributed by atoms with Crippen molar-refractivity contribution in [1.82, 2.24) is 0 Å². The standard InChI is InChI=1S/C15H10Cl3NO2/c16-10-3-1-2-9(4-10)7-19-13-6-11(17)5-12(18)15(13)21-8-14(19)20/h1-6H,7-8H2. The zero-order valence-electron chi connectivity index (χ0n) is 10.8. The van der Waals surface area contributed by atoms with Crippen LogP contribution in [0, 0.1) is 0 Å². The minimum absolute atomic E-state index is 0.0467. The SMILES string of the molecule is O=C1COc2c(Cl)cc(Cl)cc2N1Cc1cccc(Cl)c1. The number of hydrogen-bond acceptors (Lipinski definition) is 2. The van der Waals surface area contributed by atoms with Gasteiger partial charge in [-0.2, -0.15) is 0 Å². The smallest absolute Gasteiger partial charge is 0.265 e. The van der Waals surface area contributed by atoms with Gasteiger partial charge in [-0.1, -0.05) is 46.9 Å². The molecule has 1 aliphatic rings. The zero-order chi connectivity index (χ0) is 15.0. The van der Waals surface area contributed by atoms with Crippen LogP contribution in [0.5, 0.6) is 5.75 Å². The van der Waals surface area contributed by atoms with Gasteiger partial charge in [-0.3, -0.25) is 4.79 Å². The van der Waals surface area contributed by atoms with Gasteiger partial charge in [-0.05, 0) is 29.8 Å². The summed E-state index contributed by atoms with van der Waals surface area (Å²) >= 11 is 18.1. The second kappa shape index (κ2) is 5.76. The minimum Gasteiger partial charge on any atom is -0.480 e. The quantitative estimate of drug-likeness (QED) is 0.800. The molecule has 1 amide bonds. The van der Waals surface area contributed by atoms with Crippen LogP contribution in [-0.2, 0) is 11.3 Å². The Morgan fingerprint density at radius 1 is 1.10 bits per heavy atom. The summed E-state index contributed by atoms with van der Waals surface area (Å²) in [5.74, 6) is 0.323. The molecular formula is C15H10Cl3NO2. The second-order valence-electron chi connectivity index (χ2n) is 4.63. The minimum atomic E-state index is -0.152. The molecule has 21 heavy (non-hydrogen) atoms. The van der Waals surface area contributed by atoms with Crippen LogP contribution >= 0.6 is 34.8 Å². The Kier molecular flexibility index (Phi) is 3.98. The van der Waals surface area contributed by atoms with Crippen molar-refractivity contribution < 1.29 is 9.53 Å². The van der Waals surface area contributed by atoms with Crippen LogP contribution < -0.4 is 9.64 Å². The predicted octanol–water partition coefficient (Wildman–Crippen LogP) is 4.57. The molecule has 6 heteroatoms. The van der Waals surface area contributed by atoms with Gasteiger partial charge in [0.1, 0.15) is 0 Å². The summed E-state index contributed by atoms with van der Waals surface area (Å²) in [7, 11) is 0. The number of carbonyl (C=O) groups excluding carboxylic acids is 1. The Balaban J connectivity index is 2.01. The fraction of sp³-hybridized carbons (Fsp3) is 0.133. The van der Waals surface area contributed by atoms with Crippen LogP contribution in [0.4, 0.5) is 5.69 Å². The van der Waals surface area contributed by atoms with Crippen molar-refractivity contribution in [2.45, 2.75) is 6.54 Å². The van der Waals surface area contributed by atoms with Crippen molar-refractivity contribution in [3.63, 3.8) is 0 Å². The molecule has 0 N–H and O–H groups in total. The number of amides is 1. The molecule has 0 saturated heterocycles. The number of benzene rings is 2. The maximum Gasteiger partial charge on any atom is 0.265 e. The Labute approximate surface area is 137 Å². The molecule has 0 aromatic heterocycles. The summed E-state index contributed by atoms with van der Waals surface area (Å²) in [6.45, 7) is 0.335. The fourth-order valence-electron chi connectivity index (χ4n) is 2.23. The van der Waals surface area contributed by atoms with E-state index in [0.717, 1.165) is 5.56 Å². The number of fused-ring (bicyclic) bond motifs is 1. The highest BCUT2D eigenvalue weighted by molar-refractivity contribution is 6.36. The molecule has 0 spiro atoms. The molecule has 0 atom stereocenters. The van der Waals surface area contributed by atoms with Gasteiger partial charge in [0.05, 0.1) is 17.3 Å². The van der Waals surface area contributed by atoms with Gasteiger partial charge >= 0.3 is 0 Å². The fourth-order valence-corrected chi connectivity index (χ4v) is 2.98. The molecule has 0 aliphatic carbocycles.